The summed E-state index contributed by atoms with van der Waals surface area (Å²) in [5, 5.41) is 3.39. The van der Waals surface area contributed by atoms with Crippen molar-refractivity contribution in [3.05, 3.63) is 39.8 Å². The van der Waals surface area contributed by atoms with Crippen LogP contribution in [0.1, 0.15) is 28.8 Å². The van der Waals surface area contributed by atoms with Crippen LogP contribution in [0.25, 0.3) is 10.4 Å². The molecule has 1 aromatic carbocycles. The summed E-state index contributed by atoms with van der Waals surface area (Å²) in [5.74, 6) is 0.0564. The second kappa shape index (κ2) is 5.54. The Morgan fingerprint density at radius 2 is 2.32 bits per heavy atom. The van der Waals surface area contributed by atoms with Gasteiger partial charge in [-0.3, -0.25) is 9.59 Å². The summed E-state index contributed by atoms with van der Waals surface area (Å²) in [5.41, 5.74) is 10.5. The van der Waals surface area contributed by atoms with E-state index in [0.717, 1.165) is 11.3 Å². The molecule has 2 rings (SSSR count). The summed E-state index contributed by atoms with van der Waals surface area (Å²) in [6.45, 7) is 0.328. The number of anilines is 1. The lowest BCUT2D eigenvalue weighted by atomic mass is 10.0. The van der Waals surface area contributed by atoms with Crippen LogP contribution in [0.5, 0.6) is 0 Å². The quantitative estimate of drug-likeness (QED) is 0.267. The minimum absolute atomic E-state index is 0.0120. The van der Waals surface area contributed by atoms with Crippen LogP contribution in [0, 0.1) is 0 Å². The van der Waals surface area contributed by atoms with Gasteiger partial charge in [0, 0.05) is 36.2 Å². The molecule has 1 heterocycles. The first-order valence-corrected chi connectivity index (χ1v) is 6.07. The van der Waals surface area contributed by atoms with Crippen LogP contribution >= 0.6 is 0 Å². The van der Waals surface area contributed by atoms with Gasteiger partial charge >= 0.3 is 0 Å². The lowest BCUT2D eigenvalue weighted by Gasteiger charge is -2.10. The first-order valence-electron chi connectivity index (χ1n) is 6.07. The number of ketones is 1. The van der Waals surface area contributed by atoms with Crippen molar-refractivity contribution in [1.29, 1.82) is 0 Å². The topological polar surface area (TPSA) is 86.1 Å². The van der Waals surface area contributed by atoms with Gasteiger partial charge in [0.15, 0.2) is 5.78 Å². The molecule has 1 amide bonds. The first-order chi connectivity index (χ1) is 9.13. The van der Waals surface area contributed by atoms with E-state index >= 15 is 0 Å². The molecule has 98 valence electrons. The number of carbonyl (C=O) groups is 2. The van der Waals surface area contributed by atoms with Gasteiger partial charge in [0.2, 0.25) is 5.91 Å². The van der Waals surface area contributed by atoms with Crippen molar-refractivity contribution in [3.8, 4) is 0 Å². The molecule has 0 saturated carbocycles. The molecule has 6 nitrogen and oxygen atoms in total. The number of hydrogen-bond donors (Lipinski definition) is 0. The fourth-order valence-corrected chi connectivity index (χ4v) is 2.14. The van der Waals surface area contributed by atoms with E-state index in [1.807, 2.05) is 0 Å². The summed E-state index contributed by atoms with van der Waals surface area (Å²) >= 11 is 0. The first kappa shape index (κ1) is 13.1. The largest absolute Gasteiger partial charge is 0.315 e. The molecular formula is C13H14N4O2. The smallest absolute Gasteiger partial charge is 0.231 e. The number of likely N-dealkylation sites (N-methyl/N-ethyl adjacent to an activating group) is 1. The average molecular weight is 258 g/mol. The van der Waals surface area contributed by atoms with Gasteiger partial charge < -0.3 is 4.90 Å². The van der Waals surface area contributed by atoms with Gasteiger partial charge in [0.25, 0.3) is 0 Å². The van der Waals surface area contributed by atoms with Crippen LogP contribution in [-0.2, 0) is 11.2 Å². The highest BCUT2D eigenvalue weighted by atomic mass is 16.2. The third kappa shape index (κ3) is 2.74. The van der Waals surface area contributed by atoms with Crippen molar-refractivity contribution >= 4 is 17.4 Å². The zero-order chi connectivity index (χ0) is 13.8. The van der Waals surface area contributed by atoms with Crippen molar-refractivity contribution in [2.45, 2.75) is 19.3 Å². The van der Waals surface area contributed by atoms with Crippen molar-refractivity contribution < 1.29 is 9.59 Å². The summed E-state index contributed by atoms with van der Waals surface area (Å²) in [6.07, 6.45) is 1.24. The molecule has 1 aliphatic heterocycles. The number of azide groups is 1. The third-order valence-electron chi connectivity index (χ3n) is 3.20. The molecule has 0 unspecified atom stereocenters. The number of fused-ring (bicyclic) bond motifs is 1. The summed E-state index contributed by atoms with van der Waals surface area (Å²) < 4.78 is 0. The maximum absolute atomic E-state index is 11.9. The highest BCUT2D eigenvalue weighted by Crippen LogP contribution is 2.28. The molecule has 0 aromatic heterocycles. The van der Waals surface area contributed by atoms with E-state index in [-0.39, 0.29) is 11.7 Å². The molecule has 1 aromatic rings. The normalized spacial score (nSPS) is 13.1. The van der Waals surface area contributed by atoms with Crippen molar-refractivity contribution in [2.75, 3.05) is 18.5 Å². The van der Waals surface area contributed by atoms with E-state index in [0.29, 0.717) is 31.4 Å². The summed E-state index contributed by atoms with van der Waals surface area (Å²) in [6, 6.07) is 5.33. The Bertz CT molecular complexity index is 576. The van der Waals surface area contributed by atoms with Gasteiger partial charge in [0.1, 0.15) is 0 Å². The van der Waals surface area contributed by atoms with Crippen LogP contribution in [0.2, 0.25) is 0 Å². The Labute approximate surface area is 110 Å². The number of rotatable bonds is 5. The highest BCUT2D eigenvalue weighted by molar-refractivity contribution is 6.03. The number of hydrogen-bond acceptors (Lipinski definition) is 3. The minimum Gasteiger partial charge on any atom is -0.315 e. The Balaban J connectivity index is 2.06. The Morgan fingerprint density at radius 1 is 1.53 bits per heavy atom. The van der Waals surface area contributed by atoms with Crippen LogP contribution in [0.3, 0.4) is 0 Å². The number of carbonyl (C=O) groups excluding carboxylic acids is 2. The molecule has 0 radical (unpaired) electrons. The zero-order valence-corrected chi connectivity index (χ0v) is 10.7. The molecule has 6 heteroatoms. The lowest BCUT2D eigenvalue weighted by Crippen LogP contribution is -2.20. The fraction of sp³-hybridized carbons (Fsp3) is 0.385. The second-order valence-corrected chi connectivity index (χ2v) is 4.45. The van der Waals surface area contributed by atoms with Gasteiger partial charge in [-0.2, -0.15) is 0 Å². The van der Waals surface area contributed by atoms with E-state index in [9.17, 15) is 9.59 Å². The fourth-order valence-electron chi connectivity index (χ4n) is 2.14. The number of benzene rings is 1. The monoisotopic (exact) mass is 258 g/mol. The predicted octanol–water partition coefficient (Wildman–Crippen LogP) is 2.48. The van der Waals surface area contributed by atoms with Crippen LogP contribution < -0.4 is 4.90 Å². The summed E-state index contributed by atoms with van der Waals surface area (Å²) in [7, 11) is 1.73. The SMILES string of the molecule is CN1C(=O)Cc2cc(C(=O)CCCN=[N+]=[N-])ccc21. The zero-order valence-electron chi connectivity index (χ0n) is 10.7. The van der Waals surface area contributed by atoms with Crippen molar-refractivity contribution in [2.24, 2.45) is 5.11 Å². The number of Topliss-reactive ketones (excluding diaryl/α,β-unsaturated/α-hetero) is 1. The predicted molar refractivity (Wildman–Crippen MR) is 71.1 cm³/mol. The standard InChI is InChI=1S/C13H14N4O2/c1-17-11-5-4-9(7-10(11)8-13(17)19)12(18)3-2-6-15-16-14/h4-5,7H,2-3,6,8H2,1H3. The summed E-state index contributed by atoms with van der Waals surface area (Å²) in [4.78, 5) is 27.7. The lowest BCUT2D eigenvalue weighted by molar-refractivity contribution is -0.117. The Kier molecular flexibility index (Phi) is 3.82. The van der Waals surface area contributed by atoms with Gasteiger partial charge in [-0.1, -0.05) is 5.11 Å². The number of amides is 1. The highest BCUT2D eigenvalue weighted by Gasteiger charge is 2.24. The maximum Gasteiger partial charge on any atom is 0.231 e. The van der Waals surface area contributed by atoms with E-state index in [1.165, 1.54) is 0 Å². The van der Waals surface area contributed by atoms with Crippen molar-refractivity contribution in [3.63, 3.8) is 0 Å². The van der Waals surface area contributed by atoms with Crippen LogP contribution in [0.15, 0.2) is 23.3 Å². The molecular weight excluding hydrogens is 244 g/mol. The van der Waals surface area contributed by atoms with E-state index in [4.69, 9.17) is 5.53 Å². The van der Waals surface area contributed by atoms with E-state index in [2.05, 4.69) is 10.0 Å². The van der Waals surface area contributed by atoms with Crippen LogP contribution in [-0.4, -0.2) is 25.3 Å². The molecule has 1 aliphatic rings. The second-order valence-electron chi connectivity index (χ2n) is 4.45. The molecule has 0 spiro atoms. The average Bonchev–Trinajstić information content (AvgIpc) is 2.69. The van der Waals surface area contributed by atoms with Crippen molar-refractivity contribution in [1.82, 2.24) is 0 Å². The molecule has 0 fully saturated rings. The van der Waals surface area contributed by atoms with Gasteiger partial charge in [-0.25, -0.2) is 0 Å². The Morgan fingerprint density at radius 3 is 3.05 bits per heavy atom. The molecule has 0 saturated heterocycles. The molecule has 0 aliphatic carbocycles. The van der Waals surface area contributed by atoms with E-state index < -0.39 is 0 Å². The molecule has 0 bridgehead atoms. The molecule has 0 atom stereocenters. The maximum atomic E-state index is 11.9. The molecule has 19 heavy (non-hydrogen) atoms. The van der Waals surface area contributed by atoms with E-state index in [1.54, 1.807) is 30.1 Å². The van der Waals surface area contributed by atoms with Gasteiger partial charge in [0.05, 0.1) is 6.42 Å². The Hall–Kier alpha value is -2.33. The van der Waals surface area contributed by atoms with Gasteiger partial charge in [-0.15, -0.1) is 0 Å². The van der Waals surface area contributed by atoms with Gasteiger partial charge in [-0.05, 0) is 35.7 Å². The minimum atomic E-state index is 0.0120. The molecule has 0 N–H and O–H groups in total. The number of nitrogens with zero attached hydrogens (tertiary/aromatic N) is 4. The third-order valence-corrected chi connectivity index (χ3v) is 3.20. The van der Waals surface area contributed by atoms with Crippen LogP contribution in [0.4, 0.5) is 5.69 Å².